The molecule has 1 fully saturated rings. The number of ether oxygens (including phenoxy) is 2. The van der Waals surface area contributed by atoms with Gasteiger partial charge in [-0.25, -0.2) is 4.39 Å². The number of hydrogen-bond donors (Lipinski definition) is 1. The summed E-state index contributed by atoms with van der Waals surface area (Å²) in [6, 6.07) is 11.6. The maximum atomic E-state index is 12.8. The summed E-state index contributed by atoms with van der Waals surface area (Å²) >= 11 is 0. The van der Waals surface area contributed by atoms with Gasteiger partial charge in [0.05, 0.1) is 5.39 Å². The molecule has 2 aliphatic rings. The lowest BCUT2D eigenvalue weighted by Crippen LogP contribution is -2.40. The van der Waals surface area contributed by atoms with E-state index >= 15 is 0 Å². The minimum absolute atomic E-state index is 0.0830. The smallest absolute Gasteiger partial charge is 0.231 e. The lowest BCUT2D eigenvalue weighted by Gasteiger charge is -2.31. The van der Waals surface area contributed by atoms with Gasteiger partial charge in [0.15, 0.2) is 29.0 Å². The van der Waals surface area contributed by atoms with Gasteiger partial charge in [0, 0.05) is 24.7 Å². The number of rotatable bonds is 4. The molecule has 8 heteroatoms. The van der Waals surface area contributed by atoms with Crippen LogP contribution >= 0.6 is 0 Å². The van der Waals surface area contributed by atoms with Gasteiger partial charge in [-0.1, -0.05) is 19.9 Å². The van der Waals surface area contributed by atoms with Crippen molar-refractivity contribution in [2.24, 2.45) is 0 Å². The molecule has 1 aromatic heterocycles. The average Bonchev–Trinajstić information content (AvgIpc) is 3.34. The fraction of sp³-hybridized carbons (Fsp3) is 0.385. The predicted octanol–water partition coefficient (Wildman–Crippen LogP) is 4.37. The SMILES string of the molecule is CC.CNC1CCN(Cc2ccc3c(c2)OCO3)CC1.O=Cc1cc(=O)c2ccc(F)cc2o1. The lowest BCUT2D eigenvalue weighted by atomic mass is 10.0. The maximum Gasteiger partial charge on any atom is 0.231 e. The molecular weight excluding hydrogens is 439 g/mol. The van der Waals surface area contributed by atoms with Crippen molar-refractivity contribution in [3.63, 3.8) is 0 Å². The molecule has 0 aliphatic carbocycles. The van der Waals surface area contributed by atoms with Crippen LogP contribution in [-0.2, 0) is 6.54 Å². The van der Waals surface area contributed by atoms with Crippen molar-refractivity contribution in [2.45, 2.75) is 39.3 Å². The van der Waals surface area contributed by atoms with E-state index in [2.05, 4.69) is 29.4 Å². The third-order valence-electron chi connectivity index (χ3n) is 5.67. The Morgan fingerprint density at radius 2 is 1.79 bits per heavy atom. The summed E-state index contributed by atoms with van der Waals surface area (Å²) < 4.78 is 28.5. The highest BCUT2D eigenvalue weighted by Gasteiger charge is 2.19. The van der Waals surface area contributed by atoms with Gasteiger partial charge < -0.3 is 19.2 Å². The first-order valence-electron chi connectivity index (χ1n) is 11.5. The number of carbonyl (C=O) groups excluding carboxylic acids is 1. The van der Waals surface area contributed by atoms with Crippen molar-refractivity contribution < 1.29 is 23.1 Å². The summed E-state index contributed by atoms with van der Waals surface area (Å²) in [5.41, 5.74) is 1.04. The molecule has 0 saturated carbocycles. The predicted molar refractivity (Wildman–Crippen MR) is 129 cm³/mol. The van der Waals surface area contributed by atoms with E-state index in [1.807, 2.05) is 19.9 Å². The molecule has 0 atom stereocenters. The molecule has 3 heterocycles. The summed E-state index contributed by atoms with van der Waals surface area (Å²) in [7, 11) is 2.05. The number of likely N-dealkylation sites (tertiary alicyclic amines) is 1. The van der Waals surface area contributed by atoms with Crippen LogP contribution in [0, 0.1) is 5.82 Å². The maximum absolute atomic E-state index is 12.8. The molecule has 1 N–H and O–H groups in total. The van der Waals surface area contributed by atoms with Crippen LogP contribution in [0.25, 0.3) is 11.0 Å². The van der Waals surface area contributed by atoms with E-state index in [0.29, 0.717) is 19.1 Å². The largest absolute Gasteiger partial charge is 0.454 e. The van der Waals surface area contributed by atoms with Crippen LogP contribution in [0.3, 0.4) is 0 Å². The third-order valence-corrected chi connectivity index (χ3v) is 5.67. The molecular formula is C26H31FN2O5. The number of nitrogens with one attached hydrogen (secondary N) is 1. The zero-order chi connectivity index (χ0) is 24.5. The summed E-state index contributed by atoms with van der Waals surface area (Å²) in [5, 5.41) is 3.62. The minimum atomic E-state index is -0.510. The standard InChI is InChI=1S/C14H20N2O2.C10H5FO3.C2H6/c1-15-12-4-6-16(7-5-12)9-11-2-3-13-14(8-11)18-10-17-13;11-6-1-2-8-9(13)4-7(5-12)14-10(8)3-6;1-2/h2-3,8,12,15H,4-7,9-10H2,1H3;1-5H;1-2H3. The molecule has 2 aromatic carbocycles. The molecule has 0 unspecified atom stereocenters. The van der Waals surface area contributed by atoms with Gasteiger partial charge in [-0.15, -0.1) is 0 Å². The summed E-state index contributed by atoms with van der Waals surface area (Å²) in [5.74, 6) is 1.14. The second kappa shape index (κ2) is 12.3. The number of aldehydes is 1. The average molecular weight is 471 g/mol. The number of hydrogen-bond acceptors (Lipinski definition) is 7. The van der Waals surface area contributed by atoms with Gasteiger partial charge >= 0.3 is 0 Å². The van der Waals surface area contributed by atoms with Crippen molar-refractivity contribution in [3.05, 3.63) is 69.8 Å². The highest BCUT2D eigenvalue weighted by atomic mass is 19.1. The first-order valence-corrected chi connectivity index (χ1v) is 11.5. The number of carbonyl (C=O) groups is 1. The second-order valence-electron chi connectivity index (χ2n) is 7.80. The molecule has 7 nitrogen and oxygen atoms in total. The third kappa shape index (κ3) is 6.42. The quantitative estimate of drug-likeness (QED) is 0.567. The molecule has 0 spiro atoms. The number of piperidine rings is 1. The van der Waals surface area contributed by atoms with E-state index in [9.17, 15) is 14.0 Å². The van der Waals surface area contributed by atoms with Crippen molar-refractivity contribution >= 4 is 17.3 Å². The van der Waals surface area contributed by atoms with E-state index in [1.54, 1.807) is 0 Å². The number of halogens is 1. The van der Waals surface area contributed by atoms with Crippen LogP contribution in [0.4, 0.5) is 4.39 Å². The summed E-state index contributed by atoms with van der Waals surface area (Å²) in [6.45, 7) is 7.69. The number of benzene rings is 2. The van der Waals surface area contributed by atoms with E-state index in [4.69, 9.17) is 13.9 Å². The van der Waals surface area contributed by atoms with Crippen LogP contribution in [0.15, 0.2) is 51.7 Å². The monoisotopic (exact) mass is 470 g/mol. The van der Waals surface area contributed by atoms with Crippen LogP contribution in [-0.4, -0.2) is 44.2 Å². The Bertz CT molecular complexity index is 1160. The Balaban J connectivity index is 0.000000183. The Morgan fingerprint density at radius 3 is 2.50 bits per heavy atom. The Kier molecular flexibility index (Phi) is 9.18. The van der Waals surface area contributed by atoms with Crippen molar-refractivity contribution in [3.8, 4) is 11.5 Å². The van der Waals surface area contributed by atoms with Gasteiger partial charge in [0.1, 0.15) is 11.4 Å². The van der Waals surface area contributed by atoms with E-state index in [-0.39, 0.29) is 22.2 Å². The van der Waals surface area contributed by atoms with Gasteiger partial charge in [-0.05, 0) is 62.8 Å². The Morgan fingerprint density at radius 1 is 1.06 bits per heavy atom. The molecule has 5 rings (SSSR count). The Labute approximate surface area is 198 Å². The highest BCUT2D eigenvalue weighted by Crippen LogP contribution is 2.33. The fourth-order valence-corrected chi connectivity index (χ4v) is 3.88. The van der Waals surface area contributed by atoms with Crippen LogP contribution < -0.4 is 20.2 Å². The van der Waals surface area contributed by atoms with E-state index < -0.39 is 5.82 Å². The fourth-order valence-electron chi connectivity index (χ4n) is 3.88. The zero-order valence-corrected chi connectivity index (χ0v) is 19.8. The topological polar surface area (TPSA) is 81.0 Å². The molecule has 0 radical (unpaired) electrons. The summed E-state index contributed by atoms with van der Waals surface area (Å²) in [4.78, 5) is 24.2. The zero-order valence-electron chi connectivity index (χ0n) is 19.8. The molecule has 182 valence electrons. The first kappa shape index (κ1) is 25.4. The van der Waals surface area contributed by atoms with Crippen LogP contribution in [0.2, 0.25) is 0 Å². The minimum Gasteiger partial charge on any atom is -0.454 e. The molecule has 3 aromatic rings. The number of nitrogens with zero attached hydrogens (tertiary/aromatic N) is 1. The highest BCUT2D eigenvalue weighted by molar-refractivity contribution is 5.80. The molecule has 1 saturated heterocycles. The Hall–Kier alpha value is -3.23. The molecule has 0 bridgehead atoms. The van der Waals surface area contributed by atoms with Crippen molar-refractivity contribution in [1.82, 2.24) is 10.2 Å². The van der Waals surface area contributed by atoms with Crippen LogP contribution in [0.5, 0.6) is 11.5 Å². The van der Waals surface area contributed by atoms with Gasteiger partial charge in [0.2, 0.25) is 6.79 Å². The van der Waals surface area contributed by atoms with E-state index in [0.717, 1.165) is 30.2 Å². The normalized spacial score (nSPS) is 15.2. The number of fused-ring (bicyclic) bond motifs is 2. The molecule has 34 heavy (non-hydrogen) atoms. The van der Waals surface area contributed by atoms with Gasteiger partial charge in [-0.2, -0.15) is 0 Å². The van der Waals surface area contributed by atoms with Gasteiger partial charge in [0.25, 0.3) is 0 Å². The molecule has 0 amide bonds. The first-order chi connectivity index (χ1) is 16.6. The van der Waals surface area contributed by atoms with E-state index in [1.165, 1.54) is 43.6 Å². The lowest BCUT2D eigenvalue weighted by molar-refractivity contribution is 0.110. The van der Waals surface area contributed by atoms with Crippen molar-refractivity contribution in [2.75, 3.05) is 26.9 Å². The van der Waals surface area contributed by atoms with Gasteiger partial charge in [-0.3, -0.25) is 14.5 Å². The summed E-state index contributed by atoms with van der Waals surface area (Å²) in [6.07, 6.45) is 2.88. The molecule has 2 aliphatic heterocycles. The van der Waals surface area contributed by atoms with Crippen molar-refractivity contribution in [1.29, 1.82) is 0 Å². The second-order valence-corrected chi connectivity index (χ2v) is 7.80. The van der Waals surface area contributed by atoms with Crippen LogP contribution in [0.1, 0.15) is 42.8 Å².